The maximum Gasteiger partial charge on any atom is 0.447 e. The Morgan fingerprint density at radius 2 is 1.20 bits per heavy atom. The number of nitro groups is 2. The molecule has 0 N–H and O–H groups in total. The Balaban J connectivity index is 1.92. The van der Waals surface area contributed by atoms with E-state index < -0.39 is 31.5 Å². The molecule has 0 aromatic heterocycles. The van der Waals surface area contributed by atoms with Crippen LogP contribution < -0.4 is 0 Å². The first-order valence-electron chi connectivity index (χ1n) is 9.29. The third-order valence-electron chi connectivity index (χ3n) is 3.73. The van der Waals surface area contributed by atoms with Crippen molar-refractivity contribution in [3.63, 3.8) is 0 Å². The van der Waals surface area contributed by atoms with Gasteiger partial charge in [0, 0.05) is 14.1 Å². The molecule has 19 heteroatoms. The van der Waals surface area contributed by atoms with Crippen LogP contribution in [0, 0.1) is 20.2 Å². The van der Waals surface area contributed by atoms with Crippen molar-refractivity contribution >= 4 is 81.5 Å². The molecule has 2 fully saturated rings. The molecule has 0 spiro atoms. The van der Waals surface area contributed by atoms with Crippen molar-refractivity contribution in [1.29, 1.82) is 0 Å². The third-order valence-corrected chi connectivity index (χ3v) is 9.97. The van der Waals surface area contributed by atoms with Crippen LogP contribution in [0.3, 0.4) is 0 Å². The minimum absolute atomic E-state index is 0.367. The average molecular weight is 585 g/mol. The topological polar surface area (TPSA) is 170 Å². The smallest absolute Gasteiger partial charge is 0.296 e. The number of rotatable bonds is 6. The second-order valence-electron chi connectivity index (χ2n) is 7.48. The van der Waals surface area contributed by atoms with Gasteiger partial charge in [0.2, 0.25) is 0 Å². The first kappa shape index (κ1) is 29.1. The molecule has 2 saturated heterocycles. The highest BCUT2D eigenvalue weighted by molar-refractivity contribution is 8.35. The second kappa shape index (κ2) is 11.8. The fraction of sp³-hybridized carbons (Fsp3) is 0.500. The highest BCUT2D eigenvalue weighted by atomic mass is 32.2. The van der Waals surface area contributed by atoms with Gasteiger partial charge in [-0.2, -0.15) is 0 Å². The predicted molar refractivity (Wildman–Crippen MR) is 140 cm³/mol. The zero-order valence-electron chi connectivity index (χ0n) is 19.1. The van der Waals surface area contributed by atoms with Crippen molar-refractivity contribution in [2.24, 2.45) is 10.3 Å². The molecular formula is C16H20N6O8S5. The Labute approximate surface area is 221 Å². The van der Waals surface area contributed by atoms with Gasteiger partial charge in [-0.1, -0.05) is 57.4 Å². The van der Waals surface area contributed by atoms with Crippen LogP contribution in [0.4, 0.5) is 9.59 Å². The largest absolute Gasteiger partial charge is 0.447 e. The van der Waals surface area contributed by atoms with E-state index in [1.165, 1.54) is 37.6 Å². The zero-order valence-corrected chi connectivity index (χ0v) is 23.2. The van der Waals surface area contributed by atoms with Gasteiger partial charge >= 0.3 is 12.2 Å². The van der Waals surface area contributed by atoms with Crippen molar-refractivity contribution in [2.75, 3.05) is 14.1 Å². The summed E-state index contributed by atoms with van der Waals surface area (Å²) in [6.07, 6.45) is -0.0900. The first-order chi connectivity index (χ1) is 16.1. The average Bonchev–Trinajstić information content (AvgIpc) is 3.15. The number of thioether (sulfide) groups is 4. The molecule has 35 heavy (non-hydrogen) atoms. The molecule has 0 atom stereocenters. The van der Waals surface area contributed by atoms with E-state index in [2.05, 4.69) is 10.3 Å². The van der Waals surface area contributed by atoms with Gasteiger partial charge in [-0.25, -0.2) is 18.2 Å². The van der Waals surface area contributed by atoms with Crippen LogP contribution in [0.2, 0.25) is 0 Å². The minimum Gasteiger partial charge on any atom is -0.296 e. The predicted octanol–water partition coefficient (Wildman–Crippen LogP) is 4.98. The summed E-state index contributed by atoms with van der Waals surface area (Å²) in [7, 11) is 2.67. The van der Waals surface area contributed by atoms with Crippen molar-refractivity contribution < 1.29 is 29.1 Å². The van der Waals surface area contributed by atoms with E-state index in [0.29, 0.717) is 30.7 Å². The summed E-state index contributed by atoms with van der Waals surface area (Å²) in [5.41, 5.74) is 0. The molecule has 0 aromatic rings. The molecule has 0 radical (unpaired) electrons. The Bertz CT molecular complexity index is 963. The molecule has 192 valence electrons. The summed E-state index contributed by atoms with van der Waals surface area (Å²) in [5.74, 6) is 0. The fourth-order valence-corrected chi connectivity index (χ4v) is 8.09. The number of hydrogen-bond donors (Lipinski definition) is 0. The molecule has 0 saturated carbocycles. The van der Waals surface area contributed by atoms with E-state index >= 15 is 0 Å². The lowest BCUT2D eigenvalue weighted by Gasteiger charge is -2.20. The summed E-state index contributed by atoms with van der Waals surface area (Å²) < 4.78 is 1.52. The van der Waals surface area contributed by atoms with Crippen molar-refractivity contribution in [3.8, 4) is 0 Å². The lowest BCUT2D eigenvalue weighted by molar-refractivity contribution is -0.402. The van der Waals surface area contributed by atoms with Gasteiger partial charge in [-0.05, 0) is 27.7 Å². The number of oxime groups is 2. The highest BCUT2D eigenvalue weighted by Gasteiger charge is 2.40. The minimum atomic E-state index is -0.903. The normalized spacial score (nSPS) is 23.0. The van der Waals surface area contributed by atoms with Crippen LogP contribution in [0.15, 0.2) is 31.2 Å². The van der Waals surface area contributed by atoms with Crippen LogP contribution in [-0.2, 0) is 9.68 Å². The summed E-state index contributed by atoms with van der Waals surface area (Å²) >= 11 is 5.14. The molecule has 2 aliphatic heterocycles. The van der Waals surface area contributed by atoms with Crippen LogP contribution in [0.5, 0.6) is 0 Å². The lowest BCUT2D eigenvalue weighted by atomic mass is 10.2. The van der Waals surface area contributed by atoms with Crippen LogP contribution >= 0.6 is 59.2 Å². The summed E-state index contributed by atoms with van der Waals surface area (Å²) in [5, 5.41) is 29.7. The van der Waals surface area contributed by atoms with Crippen molar-refractivity contribution in [3.05, 3.63) is 41.1 Å². The van der Waals surface area contributed by atoms with Crippen LogP contribution in [0.1, 0.15) is 27.7 Å². The van der Waals surface area contributed by atoms with E-state index in [1.807, 2.05) is 0 Å². The molecule has 0 aliphatic carbocycles. The maximum atomic E-state index is 12.3. The second-order valence-corrected chi connectivity index (χ2v) is 14.6. The number of amides is 2. The first-order valence-corrected chi connectivity index (χ1v) is 13.3. The third kappa shape index (κ3) is 8.51. The molecule has 2 rings (SSSR count). The quantitative estimate of drug-likeness (QED) is 0.177. The standard InChI is InChI=1S/C16H20N6O8S5/c1-15(2)11(31-9(33-15)7-21(25)26)17-29-13(23)19(5)35-20(6)14(24)30-18-12-16(3,4)34-10(32-12)8-22(27)28/h7-8H,1-6H3. The number of carbonyl (C=O) groups excluding carboxylic acids is 2. The molecule has 2 heterocycles. The lowest BCUT2D eigenvalue weighted by Crippen LogP contribution is -2.29. The Hall–Kier alpha value is -2.09. The van der Waals surface area contributed by atoms with Gasteiger partial charge in [0.05, 0.1) is 31.5 Å². The molecular weight excluding hydrogens is 565 g/mol. The van der Waals surface area contributed by atoms with Crippen LogP contribution in [-0.4, -0.2) is 64.3 Å². The molecule has 2 amide bonds. The summed E-state index contributed by atoms with van der Waals surface area (Å²) in [6.45, 7) is 7.11. The van der Waals surface area contributed by atoms with E-state index in [1.54, 1.807) is 27.7 Å². The molecule has 0 aromatic carbocycles. The zero-order chi connectivity index (χ0) is 26.6. The Morgan fingerprint density at radius 1 is 0.857 bits per heavy atom. The van der Waals surface area contributed by atoms with E-state index in [0.717, 1.165) is 44.5 Å². The van der Waals surface area contributed by atoms with Crippen molar-refractivity contribution in [2.45, 2.75) is 37.2 Å². The fourth-order valence-electron chi connectivity index (χ4n) is 2.13. The monoisotopic (exact) mass is 584 g/mol. The van der Waals surface area contributed by atoms with Gasteiger partial charge < -0.3 is 0 Å². The summed E-state index contributed by atoms with van der Waals surface area (Å²) in [4.78, 5) is 54.6. The van der Waals surface area contributed by atoms with Gasteiger partial charge in [0.15, 0.2) is 0 Å². The van der Waals surface area contributed by atoms with Gasteiger partial charge in [-0.15, -0.1) is 0 Å². The van der Waals surface area contributed by atoms with E-state index in [-0.39, 0.29) is 0 Å². The SMILES string of the molecule is CN(SN(C)C(=O)ON=C1SC(=C[N+](=O)[O-])SC1(C)C)C(=O)ON=C1SC(=C[N+](=O)[O-])SC1(C)C. The molecule has 0 bridgehead atoms. The van der Waals surface area contributed by atoms with E-state index in [4.69, 9.17) is 9.68 Å². The van der Waals surface area contributed by atoms with Crippen LogP contribution in [0.25, 0.3) is 0 Å². The molecule has 0 unspecified atom stereocenters. The summed E-state index contributed by atoms with van der Waals surface area (Å²) in [6, 6.07) is 0. The number of nitrogens with zero attached hydrogens (tertiary/aromatic N) is 6. The number of hydrogen-bond acceptors (Lipinski definition) is 15. The maximum absolute atomic E-state index is 12.3. The highest BCUT2D eigenvalue weighted by Crippen LogP contribution is 2.51. The van der Waals surface area contributed by atoms with Crippen molar-refractivity contribution in [1.82, 2.24) is 8.61 Å². The Kier molecular flexibility index (Phi) is 9.79. The molecule has 2 aliphatic rings. The van der Waals surface area contributed by atoms with Gasteiger partial charge in [-0.3, -0.25) is 29.9 Å². The van der Waals surface area contributed by atoms with Gasteiger partial charge in [0.1, 0.15) is 18.6 Å². The van der Waals surface area contributed by atoms with E-state index in [9.17, 15) is 29.8 Å². The Morgan fingerprint density at radius 3 is 1.51 bits per heavy atom. The molecule has 14 nitrogen and oxygen atoms in total. The van der Waals surface area contributed by atoms with Gasteiger partial charge in [0.25, 0.3) is 12.4 Å². The number of carbonyl (C=O) groups is 2.